The van der Waals surface area contributed by atoms with Crippen LogP contribution in [0, 0.1) is 12.8 Å². The summed E-state index contributed by atoms with van der Waals surface area (Å²) in [6.45, 7) is 5.31. The first-order chi connectivity index (χ1) is 12.5. The number of nitrogens with zero attached hydrogens (tertiary/aromatic N) is 2. The molecule has 2 atom stereocenters. The van der Waals surface area contributed by atoms with Crippen LogP contribution in [0.1, 0.15) is 36.1 Å². The molecule has 2 aromatic rings. The minimum atomic E-state index is -0.250. The van der Waals surface area contributed by atoms with Crippen molar-refractivity contribution in [2.75, 3.05) is 18.0 Å². The van der Waals surface area contributed by atoms with Gasteiger partial charge in [-0.2, -0.15) is 0 Å². The summed E-state index contributed by atoms with van der Waals surface area (Å²) < 4.78 is 0. The molecule has 134 valence electrons. The Morgan fingerprint density at radius 2 is 1.92 bits per heavy atom. The van der Waals surface area contributed by atoms with Gasteiger partial charge < -0.3 is 9.80 Å². The van der Waals surface area contributed by atoms with Crippen LogP contribution in [0.3, 0.4) is 0 Å². The highest BCUT2D eigenvalue weighted by Gasteiger charge is 2.40. The topological polar surface area (TPSA) is 40.6 Å². The van der Waals surface area contributed by atoms with Gasteiger partial charge in [-0.05, 0) is 43.0 Å². The standard InChI is InChI=1S/C22H24N2O2/c1-15-8-9-18-10-11-23(20(18)12-15)22(26)19-13-21(25)24(14-19)16(2)17-6-4-3-5-7-17/h3-9,12,16,19H,10-11,13-14H2,1-2H3. The number of aryl methyl sites for hydroxylation is 1. The molecule has 0 saturated carbocycles. The minimum Gasteiger partial charge on any atom is -0.335 e. The van der Waals surface area contributed by atoms with Gasteiger partial charge in [-0.15, -0.1) is 0 Å². The van der Waals surface area contributed by atoms with Gasteiger partial charge in [0.25, 0.3) is 0 Å². The molecule has 4 nitrogen and oxygen atoms in total. The Bertz CT molecular complexity index is 846. The average molecular weight is 348 g/mol. The third kappa shape index (κ3) is 2.90. The van der Waals surface area contributed by atoms with E-state index in [1.807, 2.05) is 54.0 Å². The van der Waals surface area contributed by atoms with Crippen LogP contribution in [-0.4, -0.2) is 29.8 Å². The van der Waals surface area contributed by atoms with Crippen LogP contribution in [0.5, 0.6) is 0 Å². The van der Waals surface area contributed by atoms with E-state index >= 15 is 0 Å². The van der Waals surface area contributed by atoms with Gasteiger partial charge in [0.1, 0.15) is 0 Å². The number of hydrogen-bond acceptors (Lipinski definition) is 2. The van der Waals surface area contributed by atoms with E-state index in [0.717, 1.165) is 29.8 Å². The van der Waals surface area contributed by atoms with Gasteiger partial charge in [0.2, 0.25) is 11.8 Å². The van der Waals surface area contributed by atoms with E-state index in [0.29, 0.717) is 13.0 Å². The van der Waals surface area contributed by atoms with Crippen LogP contribution < -0.4 is 4.90 Å². The molecule has 4 rings (SSSR count). The molecule has 26 heavy (non-hydrogen) atoms. The second kappa shape index (κ2) is 6.60. The Kier molecular flexibility index (Phi) is 4.27. The molecule has 2 heterocycles. The largest absolute Gasteiger partial charge is 0.335 e. The number of likely N-dealkylation sites (tertiary alicyclic amines) is 1. The van der Waals surface area contributed by atoms with Crippen molar-refractivity contribution in [3.63, 3.8) is 0 Å². The fourth-order valence-corrected chi connectivity index (χ4v) is 4.12. The number of benzene rings is 2. The number of anilines is 1. The molecule has 0 N–H and O–H groups in total. The highest BCUT2D eigenvalue weighted by Crippen LogP contribution is 2.34. The van der Waals surface area contributed by atoms with Crippen LogP contribution in [0.4, 0.5) is 5.69 Å². The zero-order valence-corrected chi connectivity index (χ0v) is 15.3. The van der Waals surface area contributed by atoms with Gasteiger partial charge in [-0.25, -0.2) is 0 Å². The van der Waals surface area contributed by atoms with Crippen molar-refractivity contribution >= 4 is 17.5 Å². The van der Waals surface area contributed by atoms with Crippen molar-refractivity contribution in [1.82, 2.24) is 4.90 Å². The maximum atomic E-state index is 13.1. The number of hydrogen-bond donors (Lipinski definition) is 0. The Hall–Kier alpha value is -2.62. The molecule has 0 aliphatic carbocycles. The number of carbonyl (C=O) groups is 2. The van der Waals surface area contributed by atoms with Crippen molar-refractivity contribution in [3.05, 3.63) is 65.2 Å². The van der Waals surface area contributed by atoms with E-state index in [4.69, 9.17) is 0 Å². The lowest BCUT2D eigenvalue weighted by Gasteiger charge is -2.26. The number of amides is 2. The summed E-state index contributed by atoms with van der Waals surface area (Å²) in [5.41, 5.74) is 4.51. The SMILES string of the molecule is Cc1ccc2c(c1)N(C(=O)C1CC(=O)N(C(C)c3ccccc3)C1)CC2. The first kappa shape index (κ1) is 16.8. The first-order valence-corrected chi connectivity index (χ1v) is 9.30. The summed E-state index contributed by atoms with van der Waals surface area (Å²) in [6.07, 6.45) is 1.21. The van der Waals surface area contributed by atoms with Crippen LogP contribution in [0.15, 0.2) is 48.5 Å². The van der Waals surface area contributed by atoms with Gasteiger partial charge in [0.05, 0.1) is 12.0 Å². The predicted octanol–water partition coefficient (Wildman–Crippen LogP) is 3.49. The molecule has 2 aliphatic rings. The van der Waals surface area contributed by atoms with Gasteiger partial charge in [0, 0.05) is 25.2 Å². The third-order valence-corrected chi connectivity index (χ3v) is 5.66. The Balaban J connectivity index is 1.51. The van der Waals surface area contributed by atoms with Crippen molar-refractivity contribution in [2.45, 2.75) is 32.7 Å². The van der Waals surface area contributed by atoms with Crippen LogP contribution in [-0.2, 0) is 16.0 Å². The smallest absolute Gasteiger partial charge is 0.232 e. The Labute approximate surface area is 154 Å². The predicted molar refractivity (Wildman–Crippen MR) is 102 cm³/mol. The summed E-state index contributed by atoms with van der Waals surface area (Å²) in [7, 11) is 0. The highest BCUT2D eigenvalue weighted by molar-refractivity contribution is 6.00. The van der Waals surface area contributed by atoms with Crippen LogP contribution >= 0.6 is 0 Å². The van der Waals surface area contributed by atoms with Gasteiger partial charge in [-0.3, -0.25) is 9.59 Å². The summed E-state index contributed by atoms with van der Waals surface area (Å²) in [5, 5.41) is 0. The molecule has 4 heteroatoms. The quantitative estimate of drug-likeness (QED) is 0.852. The first-order valence-electron chi connectivity index (χ1n) is 9.30. The summed E-state index contributed by atoms with van der Waals surface area (Å²) in [6, 6.07) is 16.3. The molecular formula is C22H24N2O2. The van der Waals surface area contributed by atoms with Crippen molar-refractivity contribution < 1.29 is 9.59 Å². The maximum absolute atomic E-state index is 13.1. The molecular weight excluding hydrogens is 324 g/mol. The fraction of sp³-hybridized carbons (Fsp3) is 0.364. The Morgan fingerprint density at radius 3 is 2.69 bits per heavy atom. The summed E-state index contributed by atoms with van der Waals surface area (Å²) in [4.78, 5) is 29.4. The van der Waals surface area contributed by atoms with E-state index in [9.17, 15) is 9.59 Å². The molecule has 1 saturated heterocycles. The van der Waals surface area contributed by atoms with Gasteiger partial charge >= 0.3 is 0 Å². The van der Waals surface area contributed by atoms with E-state index in [1.165, 1.54) is 5.56 Å². The van der Waals surface area contributed by atoms with Gasteiger partial charge in [-0.1, -0.05) is 42.5 Å². The number of carbonyl (C=O) groups excluding carboxylic acids is 2. The monoisotopic (exact) mass is 348 g/mol. The molecule has 0 spiro atoms. The van der Waals surface area contributed by atoms with Crippen molar-refractivity contribution in [1.29, 1.82) is 0 Å². The molecule has 1 fully saturated rings. The molecule has 0 aromatic heterocycles. The summed E-state index contributed by atoms with van der Waals surface area (Å²) in [5.74, 6) is -0.0889. The molecule has 2 unspecified atom stereocenters. The number of fused-ring (bicyclic) bond motifs is 1. The molecule has 2 aliphatic heterocycles. The molecule has 2 aromatic carbocycles. The maximum Gasteiger partial charge on any atom is 0.232 e. The lowest BCUT2D eigenvalue weighted by Crippen LogP contribution is -2.36. The highest BCUT2D eigenvalue weighted by atomic mass is 16.2. The second-order valence-electron chi connectivity index (χ2n) is 7.41. The third-order valence-electron chi connectivity index (χ3n) is 5.66. The van der Waals surface area contributed by atoms with Crippen molar-refractivity contribution in [3.8, 4) is 0 Å². The Morgan fingerprint density at radius 1 is 1.15 bits per heavy atom. The van der Waals surface area contributed by atoms with E-state index in [-0.39, 0.29) is 23.8 Å². The normalized spacial score (nSPS) is 20.4. The summed E-state index contributed by atoms with van der Waals surface area (Å²) >= 11 is 0. The lowest BCUT2D eigenvalue weighted by molar-refractivity contribution is -0.130. The molecule has 0 radical (unpaired) electrons. The zero-order valence-electron chi connectivity index (χ0n) is 15.3. The zero-order chi connectivity index (χ0) is 18.3. The molecule has 2 amide bonds. The van der Waals surface area contributed by atoms with E-state index in [1.54, 1.807) is 0 Å². The average Bonchev–Trinajstić information content (AvgIpc) is 3.24. The lowest BCUT2D eigenvalue weighted by atomic mass is 10.1. The second-order valence-corrected chi connectivity index (χ2v) is 7.41. The number of rotatable bonds is 3. The van der Waals surface area contributed by atoms with E-state index in [2.05, 4.69) is 18.2 Å². The van der Waals surface area contributed by atoms with Crippen molar-refractivity contribution in [2.24, 2.45) is 5.92 Å². The minimum absolute atomic E-state index is 0.00499. The fourth-order valence-electron chi connectivity index (χ4n) is 4.12. The van der Waals surface area contributed by atoms with Crippen LogP contribution in [0.25, 0.3) is 0 Å². The van der Waals surface area contributed by atoms with E-state index < -0.39 is 0 Å². The molecule has 0 bridgehead atoms. The van der Waals surface area contributed by atoms with Crippen LogP contribution in [0.2, 0.25) is 0 Å². The van der Waals surface area contributed by atoms with Gasteiger partial charge in [0.15, 0.2) is 0 Å².